The summed E-state index contributed by atoms with van der Waals surface area (Å²) in [7, 11) is 0. The van der Waals surface area contributed by atoms with Crippen LogP contribution in [0, 0.1) is 6.92 Å². The van der Waals surface area contributed by atoms with Gasteiger partial charge >= 0.3 is 0 Å². The van der Waals surface area contributed by atoms with Crippen molar-refractivity contribution in [3.8, 4) is 0 Å². The Morgan fingerprint density at radius 1 is 1.65 bits per heavy atom. The number of aryl methyl sites for hydroxylation is 2. The second kappa shape index (κ2) is 7.04. The molecule has 2 atom stereocenters. The summed E-state index contributed by atoms with van der Waals surface area (Å²) in [6.45, 7) is 8.76. The van der Waals surface area contributed by atoms with Gasteiger partial charge in [-0.2, -0.15) is 5.10 Å². The summed E-state index contributed by atoms with van der Waals surface area (Å²) in [5.74, 6) is 0. The lowest BCUT2D eigenvalue weighted by Crippen LogP contribution is -2.40. The maximum Gasteiger partial charge on any atom is 0.166 e. The first-order valence-corrected chi connectivity index (χ1v) is 7.71. The van der Waals surface area contributed by atoms with Crippen LogP contribution in [0.4, 0.5) is 0 Å². The standard InChI is InChI=1S/C14H24N4OS/c1-4-18-9-13(11(3)17-18)10(2)16-14(20)15-8-12-6-5-7-19-12/h9-10,12H,4-8H2,1-3H3,(H2,15,16,20). The molecule has 2 N–H and O–H groups in total. The van der Waals surface area contributed by atoms with E-state index in [9.17, 15) is 0 Å². The molecule has 1 aromatic rings. The molecule has 0 aliphatic carbocycles. The van der Waals surface area contributed by atoms with E-state index >= 15 is 0 Å². The van der Waals surface area contributed by atoms with E-state index in [2.05, 4.69) is 35.8 Å². The van der Waals surface area contributed by atoms with Gasteiger partial charge in [-0.25, -0.2) is 0 Å². The lowest BCUT2D eigenvalue weighted by Gasteiger charge is -2.18. The highest BCUT2D eigenvalue weighted by Gasteiger charge is 2.17. The van der Waals surface area contributed by atoms with Crippen molar-refractivity contribution in [2.75, 3.05) is 13.2 Å². The number of hydrogen-bond acceptors (Lipinski definition) is 3. The van der Waals surface area contributed by atoms with Crippen LogP contribution in [0.25, 0.3) is 0 Å². The first kappa shape index (κ1) is 15.3. The second-order valence-corrected chi connectivity index (χ2v) is 5.64. The molecule has 0 radical (unpaired) electrons. The zero-order valence-corrected chi connectivity index (χ0v) is 13.3. The first-order chi connectivity index (χ1) is 9.60. The molecule has 20 heavy (non-hydrogen) atoms. The maximum atomic E-state index is 5.57. The molecule has 2 unspecified atom stereocenters. The van der Waals surface area contributed by atoms with Gasteiger partial charge < -0.3 is 15.4 Å². The minimum atomic E-state index is 0.153. The zero-order valence-electron chi connectivity index (χ0n) is 12.5. The summed E-state index contributed by atoms with van der Waals surface area (Å²) >= 11 is 5.34. The smallest absolute Gasteiger partial charge is 0.166 e. The van der Waals surface area contributed by atoms with Gasteiger partial charge in [0, 0.05) is 31.5 Å². The molecule has 5 nitrogen and oxygen atoms in total. The number of nitrogens with zero attached hydrogens (tertiary/aromatic N) is 2. The molecular formula is C14H24N4OS. The summed E-state index contributed by atoms with van der Waals surface area (Å²) in [5, 5.41) is 11.7. The van der Waals surface area contributed by atoms with Crippen molar-refractivity contribution in [2.24, 2.45) is 0 Å². The zero-order chi connectivity index (χ0) is 14.5. The summed E-state index contributed by atoms with van der Waals surface area (Å²) in [4.78, 5) is 0. The number of aromatic nitrogens is 2. The van der Waals surface area contributed by atoms with E-state index in [1.54, 1.807) is 0 Å². The van der Waals surface area contributed by atoms with Crippen LogP contribution in [0.2, 0.25) is 0 Å². The van der Waals surface area contributed by atoms with E-state index in [0.29, 0.717) is 11.2 Å². The number of thiocarbonyl (C=S) groups is 1. The Kier molecular flexibility index (Phi) is 5.37. The van der Waals surface area contributed by atoms with E-state index in [-0.39, 0.29) is 6.04 Å². The Hall–Kier alpha value is -1.14. The number of nitrogens with one attached hydrogen (secondary N) is 2. The average Bonchev–Trinajstić information content (AvgIpc) is 3.05. The topological polar surface area (TPSA) is 51.1 Å². The van der Waals surface area contributed by atoms with Gasteiger partial charge in [-0.15, -0.1) is 0 Å². The monoisotopic (exact) mass is 296 g/mol. The molecule has 0 bridgehead atoms. The Labute approximate surface area is 126 Å². The van der Waals surface area contributed by atoms with Crippen LogP contribution in [0.15, 0.2) is 6.20 Å². The largest absolute Gasteiger partial charge is 0.376 e. The van der Waals surface area contributed by atoms with Gasteiger partial charge in [0.15, 0.2) is 5.11 Å². The van der Waals surface area contributed by atoms with Gasteiger partial charge in [0.1, 0.15) is 0 Å². The SMILES string of the molecule is CCn1cc(C(C)NC(=S)NCC2CCCO2)c(C)n1. The third-order valence-corrected chi connectivity index (χ3v) is 3.90. The first-order valence-electron chi connectivity index (χ1n) is 7.30. The van der Waals surface area contributed by atoms with Crippen LogP contribution in [0.1, 0.15) is 44.0 Å². The molecule has 1 fully saturated rings. The Morgan fingerprint density at radius 2 is 2.45 bits per heavy atom. The fourth-order valence-electron chi connectivity index (χ4n) is 2.46. The van der Waals surface area contributed by atoms with Crippen molar-refractivity contribution in [3.05, 3.63) is 17.5 Å². The van der Waals surface area contributed by atoms with Crippen LogP contribution in [0.5, 0.6) is 0 Å². The van der Waals surface area contributed by atoms with Crippen molar-refractivity contribution in [1.82, 2.24) is 20.4 Å². The molecule has 0 saturated carbocycles. The molecule has 0 spiro atoms. The van der Waals surface area contributed by atoms with Gasteiger partial charge in [0.2, 0.25) is 0 Å². The normalized spacial score (nSPS) is 19.9. The number of ether oxygens (including phenoxy) is 1. The molecule has 0 amide bonds. The van der Waals surface area contributed by atoms with Crippen molar-refractivity contribution in [2.45, 2.75) is 52.3 Å². The fourth-order valence-corrected chi connectivity index (χ4v) is 2.72. The number of hydrogen-bond donors (Lipinski definition) is 2. The molecular weight excluding hydrogens is 272 g/mol. The van der Waals surface area contributed by atoms with Crippen LogP contribution in [-0.2, 0) is 11.3 Å². The van der Waals surface area contributed by atoms with Crippen molar-refractivity contribution in [3.63, 3.8) is 0 Å². The van der Waals surface area contributed by atoms with E-state index < -0.39 is 0 Å². The van der Waals surface area contributed by atoms with E-state index in [4.69, 9.17) is 17.0 Å². The Morgan fingerprint density at radius 3 is 3.05 bits per heavy atom. The predicted molar refractivity (Wildman–Crippen MR) is 83.8 cm³/mol. The summed E-state index contributed by atoms with van der Waals surface area (Å²) < 4.78 is 7.52. The molecule has 1 aliphatic rings. The molecule has 0 aromatic carbocycles. The Balaban J connectivity index is 1.81. The van der Waals surface area contributed by atoms with Crippen LogP contribution in [-0.4, -0.2) is 34.1 Å². The highest BCUT2D eigenvalue weighted by atomic mass is 32.1. The third-order valence-electron chi connectivity index (χ3n) is 3.64. The molecule has 2 heterocycles. The predicted octanol–water partition coefficient (Wildman–Crippen LogP) is 1.92. The highest BCUT2D eigenvalue weighted by molar-refractivity contribution is 7.80. The van der Waals surface area contributed by atoms with Crippen molar-refractivity contribution >= 4 is 17.3 Å². The minimum Gasteiger partial charge on any atom is -0.376 e. The number of rotatable bonds is 5. The molecule has 1 saturated heterocycles. The summed E-state index contributed by atoms with van der Waals surface area (Å²) in [6, 6.07) is 0.153. The fraction of sp³-hybridized carbons (Fsp3) is 0.714. The van der Waals surface area contributed by atoms with Crippen molar-refractivity contribution in [1.29, 1.82) is 0 Å². The van der Waals surface area contributed by atoms with Crippen LogP contribution < -0.4 is 10.6 Å². The van der Waals surface area contributed by atoms with Crippen molar-refractivity contribution < 1.29 is 4.74 Å². The average molecular weight is 296 g/mol. The van der Waals surface area contributed by atoms with Gasteiger partial charge in [-0.05, 0) is 45.8 Å². The van der Waals surface area contributed by atoms with Crippen LogP contribution >= 0.6 is 12.2 Å². The second-order valence-electron chi connectivity index (χ2n) is 5.24. The van der Waals surface area contributed by atoms with E-state index in [1.165, 1.54) is 5.56 Å². The van der Waals surface area contributed by atoms with E-state index in [1.807, 2.05) is 11.6 Å². The van der Waals surface area contributed by atoms with Gasteiger partial charge in [-0.1, -0.05) is 0 Å². The molecule has 1 aromatic heterocycles. The molecule has 112 valence electrons. The Bertz CT molecular complexity index is 454. The summed E-state index contributed by atoms with van der Waals surface area (Å²) in [6.07, 6.45) is 4.65. The minimum absolute atomic E-state index is 0.153. The van der Waals surface area contributed by atoms with E-state index in [0.717, 1.165) is 38.2 Å². The molecule has 2 rings (SSSR count). The van der Waals surface area contributed by atoms with Gasteiger partial charge in [0.05, 0.1) is 17.8 Å². The molecule has 1 aliphatic heterocycles. The highest BCUT2D eigenvalue weighted by Crippen LogP contribution is 2.16. The van der Waals surface area contributed by atoms with Gasteiger partial charge in [-0.3, -0.25) is 4.68 Å². The van der Waals surface area contributed by atoms with Crippen LogP contribution in [0.3, 0.4) is 0 Å². The molecule has 6 heteroatoms. The lowest BCUT2D eigenvalue weighted by molar-refractivity contribution is 0.114. The van der Waals surface area contributed by atoms with Gasteiger partial charge in [0.25, 0.3) is 0 Å². The maximum absolute atomic E-state index is 5.57. The summed E-state index contributed by atoms with van der Waals surface area (Å²) in [5.41, 5.74) is 2.24. The quantitative estimate of drug-likeness (QED) is 0.813. The third kappa shape index (κ3) is 3.93. The lowest BCUT2D eigenvalue weighted by atomic mass is 10.1.